The molecular formula is C21H25NO3. The average molecular weight is 339 g/mol. The fourth-order valence-corrected chi connectivity index (χ4v) is 2.48. The highest BCUT2D eigenvalue weighted by molar-refractivity contribution is 5.91. The number of carbonyl (C=O) groups excluding carboxylic acids is 2. The van der Waals surface area contributed by atoms with Crippen molar-refractivity contribution in [3.05, 3.63) is 71.3 Å². The molecule has 2 rings (SSSR count). The van der Waals surface area contributed by atoms with E-state index in [1.165, 1.54) is 0 Å². The molecule has 0 fully saturated rings. The van der Waals surface area contributed by atoms with Crippen molar-refractivity contribution in [2.45, 2.75) is 45.4 Å². The number of rotatable bonds is 7. The van der Waals surface area contributed by atoms with E-state index >= 15 is 0 Å². The Labute approximate surface area is 149 Å². The number of esters is 1. The highest BCUT2D eigenvalue weighted by Gasteiger charge is 2.20. The van der Waals surface area contributed by atoms with Gasteiger partial charge in [-0.1, -0.05) is 48.5 Å². The molecular weight excluding hydrogens is 314 g/mol. The van der Waals surface area contributed by atoms with Crippen LogP contribution in [0.3, 0.4) is 0 Å². The first-order chi connectivity index (χ1) is 11.9. The van der Waals surface area contributed by atoms with E-state index in [9.17, 15) is 9.59 Å². The number of hydrogen-bond acceptors (Lipinski definition) is 4. The molecule has 2 aromatic carbocycles. The molecule has 0 aliphatic rings. The Hall–Kier alpha value is -2.46. The molecule has 4 heteroatoms. The third-order valence-corrected chi connectivity index (χ3v) is 3.65. The molecule has 25 heavy (non-hydrogen) atoms. The Balaban J connectivity index is 2.04. The number of nitrogens with one attached hydrogen (secondary N) is 1. The summed E-state index contributed by atoms with van der Waals surface area (Å²) in [5, 5.41) is 3.22. The van der Waals surface area contributed by atoms with Gasteiger partial charge in [-0.3, -0.25) is 0 Å². The second kappa shape index (κ2) is 8.58. The molecule has 0 unspecified atom stereocenters. The van der Waals surface area contributed by atoms with Gasteiger partial charge in [-0.05, 0) is 44.4 Å². The van der Waals surface area contributed by atoms with Gasteiger partial charge in [0.15, 0.2) is 0 Å². The number of benzene rings is 2. The molecule has 1 N–H and O–H groups in total. The van der Waals surface area contributed by atoms with Crippen molar-refractivity contribution in [2.75, 3.05) is 0 Å². The fourth-order valence-electron chi connectivity index (χ4n) is 2.48. The lowest BCUT2D eigenvalue weighted by molar-refractivity contribution is -0.109. The molecule has 2 aromatic rings. The molecule has 0 saturated carbocycles. The Bertz CT molecular complexity index is 705. The van der Waals surface area contributed by atoms with Crippen LogP contribution in [0.4, 0.5) is 0 Å². The maximum Gasteiger partial charge on any atom is 0.338 e. The lowest BCUT2D eigenvalue weighted by atomic mass is 10.0. The van der Waals surface area contributed by atoms with E-state index < -0.39 is 5.60 Å². The molecule has 0 spiro atoms. The van der Waals surface area contributed by atoms with E-state index in [4.69, 9.17) is 4.74 Å². The van der Waals surface area contributed by atoms with Crippen molar-refractivity contribution in [3.8, 4) is 0 Å². The zero-order valence-electron chi connectivity index (χ0n) is 15.0. The Kier molecular flexibility index (Phi) is 6.48. The lowest BCUT2D eigenvalue weighted by Crippen LogP contribution is -2.33. The predicted octanol–water partition coefficient (Wildman–Crippen LogP) is 3.54. The minimum Gasteiger partial charge on any atom is -0.456 e. The summed E-state index contributed by atoms with van der Waals surface area (Å²) in [5.41, 5.74) is 1.88. The Morgan fingerprint density at radius 2 is 1.72 bits per heavy atom. The van der Waals surface area contributed by atoms with Gasteiger partial charge in [-0.2, -0.15) is 0 Å². The smallest absolute Gasteiger partial charge is 0.338 e. The van der Waals surface area contributed by atoms with Gasteiger partial charge in [0.1, 0.15) is 11.9 Å². The summed E-state index contributed by atoms with van der Waals surface area (Å²) in [6.45, 7) is 5.95. The molecule has 1 atom stereocenters. The van der Waals surface area contributed by atoms with E-state index in [0.717, 1.165) is 17.4 Å². The van der Waals surface area contributed by atoms with E-state index in [0.29, 0.717) is 18.5 Å². The number of hydrogen-bond donors (Lipinski definition) is 1. The van der Waals surface area contributed by atoms with E-state index in [1.54, 1.807) is 6.07 Å². The third kappa shape index (κ3) is 6.16. The van der Waals surface area contributed by atoms with Crippen LogP contribution >= 0.6 is 0 Å². The standard InChI is InChI=1S/C21H25NO3/c1-21(2,3)25-20(24)19-12-8-7-11-17(19)14-22-18(15-23)13-16-9-5-4-6-10-16/h4-12,15,18,22H,13-14H2,1-3H3/t18-/m0/s1. The lowest BCUT2D eigenvalue weighted by Gasteiger charge is -2.21. The van der Waals surface area contributed by atoms with Gasteiger partial charge in [0.25, 0.3) is 0 Å². The molecule has 0 amide bonds. The summed E-state index contributed by atoms with van der Waals surface area (Å²) in [6.07, 6.45) is 1.52. The Morgan fingerprint density at radius 3 is 2.36 bits per heavy atom. The molecule has 0 bridgehead atoms. The van der Waals surface area contributed by atoms with Gasteiger partial charge in [0, 0.05) is 6.54 Å². The first-order valence-corrected chi connectivity index (χ1v) is 8.43. The van der Waals surface area contributed by atoms with Crippen molar-refractivity contribution in [1.29, 1.82) is 0 Å². The van der Waals surface area contributed by atoms with Crippen LogP contribution in [0.5, 0.6) is 0 Å². The van der Waals surface area contributed by atoms with Crippen LogP contribution < -0.4 is 5.32 Å². The number of ether oxygens (including phenoxy) is 1. The van der Waals surface area contributed by atoms with Crippen LogP contribution in [0.15, 0.2) is 54.6 Å². The first kappa shape index (κ1) is 18.9. The molecule has 132 valence electrons. The first-order valence-electron chi connectivity index (χ1n) is 8.43. The summed E-state index contributed by atoms with van der Waals surface area (Å²) in [7, 11) is 0. The second-order valence-corrected chi connectivity index (χ2v) is 6.97. The van der Waals surface area contributed by atoms with Crippen LogP contribution in [0.25, 0.3) is 0 Å². The van der Waals surface area contributed by atoms with Gasteiger partial charge in [0.2, 0.25) is 0 Å². The van der Waals surface area contributed by atoms with Crippen molar-refractivity contribution in [3.63, 3.8) is 0 Å². The van der Waals surface area contributed by atoms with E-state index in [1.807, 2.05) is 69.3 Å². The average Bonchev–Trinajstić information content (AvgIpc) is 2.58. The SMILES string of the molecule is CC(C)(C)OC(=O)c1ccccc1CN[C@H](C=O)Cc1ccccc1. The largest absolute Gasteiger partial charge is 0.456 e. The van der Waals surface area contributed by atoms with E-state index in [-0.39, 0.29) is 12.0 Å². The quantitative estimate of drug-likeness (QED) is 0.619. The van der Waals surface area contributed by atoms with Crippen LogP contribution in [0.1, 0.15) is 42.3 Å². The molecule has 0 saturated heterocycles. The minimum atomic E-state index is -0.545. The summed E-state index contributed by atoms with van der Waals surface area (Å²) >= 11 is 0. The second-order valence-electron chi connectivity index (χ2n) is 6.97. The highest BCUT2D eigenvalue weighted by atomic mass is 16.6. The van der Waals surface area contributed by atoms with E-state index in [2.05, 4.69) is 5.32 Å². The predicted molar refractivity (Wildman–Crippen MR) is 98.4 cm³/mol. The van der Waals surface area contributed by atoms with Gasteiger partial charge in [-0.15, -0.1) is 0 Å². The molecule has 0 heterocycles. The summed E-state index contributed by atoms with van der Waals surface area (Å²) in [5.74, 6) is -0.351. The molecule has 0 aromatic heterocycles. The van der Waals surface area contributed by atoms with Crippen molar-refractivity contribution < 1.29 is 14.3 Å². The van der Waals surface area contributed by atoms with Gasteiger partial charge in [-0.25, -0.2) is 4.79 Å². The molecule has 0 radical (unpaired) electrons. The summed E-state index contributed by atoms with van der Waals surface area (Å²) < 4.78 is 5.46. The van der Waals surface area contributed by atoms with Crippen LogP contribution in [-0.4, -0.2) is 23.9 Å². The highest BCUT2D eigenvalue weighted by Crippen LogP contribution is 2.16. The Morgan fingerprint density at radius 1 is 1.08 bits per heavy atom. The molecule has 4 nitrogen and oxygen atoms in total. The van der Waals surface area contributed by atoms with Crippen molar-refractivity contribution >= 4 is 12.3 Å². The van der Waals surface area contributed by atoms with Gasteiger partial charge in [0.05, 0.1) is 11.6 Å². The van der Waals surface area contributed by atoms with Crippen LogP contribution in [0, 0.1) is 0 Å². The van der Waals surface area contributed by atoms with Gasteiger partial charge < -0.3 is 14.8 Å². The molecule has 0 aliphatic heterocycles. The maximum absolute atomic E-state index is 12.4. The maximum atomic E-state index is 12.4. The summed E-state index contributed by atoms with van der Waals surface area (Å²) in [6, 6.07) is 16.8. The number of carbonyl (C=O) groups is 2. The van der Waals surface area contributed by atoms with Crippen molar-refractivity contribution in [1.82, 2.24) is 5.32 Å². The van der Waals surface area contributed by atoms with Crippen LogP contribution in [-0.2, 0) is 22.5 Å². The van der Waals surface area contributed by atoms with Crippen LogP contribution in [0.2, 0.25) is 0 Å². The minimum absolute atomic E-state index is 0.311. The normalized spacial score (nSPS) is 12.4. The monoisotopic (exact) mass is 339 g/mol. The van der Waals surface area contributed by atoms with Crippen molar-refractivity contribution in [2.24, 2.45) is 0 Å². The fraction of sp³-hybridized carbons (Fsp3) is 0.333. The van der Waals surface area contributed by atoms with Gasteiger partial charge >= 0.3 is 5.97 Å². The summed E-state index contributed by atoms with van der Waals surface area (Å²) in [4.78, 5) is 23.7. The zero-order valence-corrected chi connectivity index (χ0v) is 15.0. The zero-order chi connectivity index (χ0) is 18.3. The molecule has 0 aliphatic carbocycles. The topological polar surface area (TPSA) is 55.4 Å². The third-order valence-electron chi connectivity index (χ3n) is 3.65. The number of aldehydes is 1.